The van der Waals surface area contributed by atoms with E-state index in [0.29, 0.717) is 19.1 Å². The van der Waals surface area contributed by atoms with Gasteiger partial charge in [0.15, 0.2) is 5.96 Å². The third-order valence-corrected chi connectivity index (χ3v) is 3.87. The van der Waals surface area contributed by atoms with Crippen LogP contribution in [0.5, 0.6) is 5.75 Å². The Balaban J connectivity index is 2.70. The van der Waals surface area contributed by atoms with Crippen molar-refractivity contribution in [2.75, 3.05) is 26.3 Å². The van der Waals surface area contributed by atoms with Crippen molar-refractivity contribution in [1.82, 2.24) is 10.6 Å². The van der Waals surface area contributed by atoms with Crippen LogP contribution in [0.2, 0.25) is 0 Å². The number of benzene rings is 1. The molecule has 3 N–H and O–H groups in total. The Bertz CT molecular complexity index is 511. The number of para-hydroxylation sites is 1. The van der Waals surface area contributed by atoms with Crippen LogP contribution in [-0.2, 0) is 6.54 Å². The highest BCUT2D eigenvalue weighted by atomic mass is 16.5. The van der Waals surface area contributed by atoms with Crippen LogP contribution in [0.3, 0.4) is 0 Å². The Morgan fingerprint density at radius 1 is 1.28 bits per heavy atom. The first-order valence-corrected chi connectivity index (χ1v) is 9.19. The van der Waals surface area contributed by atoms with Crippen molar-refractivity contribution in [3.05, 3.63) is 42.5 Å². The molecule has 5 heteroatoms. The highest BCUT2D eigenvalue weighted by Crippen LogP contribution is 2.18. The molecule has 0 fully saturated rings. The van der Waals surface area contributed by atoms with Crippen molar-refractivity contribution in [1.29, 1.82) is 0 Å². The zero-order chi connectivity index (χ0) is 18.3. The minimum Gasteiger partial charge on any atom is -0.489 e. The largest absolute Gasteiger partial charge is 0.489 e. The predicted molar refractivity (Wildman–Crippen MR) is 105 cm³/mol. The number of hydrogen-bond donors (Lipinski definition) is 3. The Kier molecular flexibility index (Phi) is 11.2. The maximum atomic E-state index is 9.19. The van der Waals surface area contributed by atoms with E-state index in [1.807, 2.05) is 24.3 Å². The molecule has 140 valence electrons. The molecule has 0 aromatic heterocycles. The van der Waals surface area contributed by atoms with Crippen LogP contribution in [0, 0.1) is 5.92 Å². The number of ether oxygens (including phenoxy) is 1. The van der Waals surface area contributed by atoms with Crippen LogP contribution >= 0.6 is 0 Å². The van der Waals surface area contributed by atoms with E-state index in [0.717, 1.165) is 49.6 Å². The van der Waals surface area contributed by atoms with Gasteiger partial charge in [-0.1, -0.05) is 44.2 Å². The lowest BCUT2D eigenvalue weighted by Crippen LogP contribution is -2.40. The molecule has 5 nitrogen and oxygen atoms in total. The van der Waals surface area contributed by atoms with Crippen LogP contribution < -0.4 is 15.4 Å². The third kappa shape index (κ3) is 8.59. The molecule has 25 heavy (non-hydrogen) atoms. The van der Waals surface area contributed by atoms with Gasteiger partial charge in [-0.3, -0.25) is 0 Å². The van der Waals surface area contributed by atoms with E-state index in [9.17, 15) is 5.11 Å². The maximum absolute atomic E-state index is 9.19. The first-order chi connectivity index (χ1) is 12.2. The number of aliphatic imine (C=N–C) groups is 1. The lowest BCUT2D eigenvalue weighted by atomic mass is 10.0. The van der Waals surface area contributed by atoms with Gasteiger partial charge in [-0.05, 0) is 31.7 Å². The highest BCUT2D eigenvalue weighted by Gasteiger charge is 2.09. The molecule has 0 radical (unpaired) electrons. The Morgan fingerprint density at radius 3 is 2.76 bits per heavy atom. The van der Waals surface area contributed by atoms with Gasteiger partial charge in [0.2, 0.25) is 0 Å². The molecule has 1 aromatic carbocycles. The molecule has 0 saturated carbocycles. The van der Waals surface area contributed by atoms with Crippen LogP contribution in [0.15, 0.2) is 41.9 Å². The van der Waals surface area contributed by atoms with E-state index >= 15 is 0 Å². The first-order valence-electron chi connectivity index (χ1n) is 9.19. The summed E-state index contributed by atoms with van der Waals surface area (Å²) in [5.74, 6) is 2.09. The van der Waals surface area contributed by atoms with Gasteiger partial charge < -0.3 is 20.5 Å². The van der Waals surface area contributed by atoms with Gasteiger partial charge in [0.05, 0.1) is 6.54 Å². The number of nitrogens with zero attached hydrogens (tertiary/aromatic N) is 1. The smallest absolute Gasteiger partial charge is 0.191 e. The van der Waals surface area contributed by atoms with Gasteiger partial charge in [-0.25, -0.2) is 4.99 Å². The molecule has 0 aliphatic rings. The zero-order valence-corrected chi connectivity index (χ0v) is 15.6. The highest BCUT2D eigenvalue weighted by molar-refractivity contribution is 5.79. The van der Waals surface area contributed by atoms with E-state index in [1.54, 1.807) is 6.08 Å². The van der Waals surface area contributed by atoms with Crippen molar-refractivity contribution in [3.63, 3.8) is 0 Å². The number of aliphatic hydroxyl groups is 1. The van der Waals surface area contributed by atoms with Crippen molar-refractivity contribution in [2.24, 2.45) is 10.9 Å². The fourth-order valence-electron chi connectivity index (χ4n) is 2.61. The molecule has 0 saturated heterocycles. The summed E-state index contributed by atoms with van der Waals surface area (Å²) in [6.45, 7) is 10.8. The molecule has 1 rings (SSSR count). The molecular weight excluding hydrogens is 314 g/mol. The van der Waals surface area contributed by atoms with Crippen LogP contribution in [-0.4, -0.2) is 37.4 Å². The van der Waals surface area contributed by atoms with E-state index in [-0.39, 0.29) is 6.61 Å². The van der Waals surface area contributed by atoms with Gasteiger partial charge in [-0.2, -0.15) is 0 Å². The summed E-state index contributed by atoms with van der Waals surface area (Å²) >= 11 is 0. The number of nitrogens with one attached hydrogen (secondary N) is 2. The van der Waals surface area contributed by atoms with E-state index < -0.39 is 0 Å². The summed E-state index contributed by atoms with van der Waals surface area (Å²) in [7, 11) is 0. The van der Waals surface area contributed by atoms with Gasteiger partial charge in [0, 0.05) is 25.3 Å². The third-order valence-electron chi connectivity index (χ3n) is 3.87. The summed E-state index contributed by atoms with van der Waals surface area (Å²) in [4.78, 5) is 4.67. The minimum atomic E-state index is 0.230. The topological polar surface area (TPSA) is 65.9 Å². The first kappa shape index (κ1) is 21.0. The second kappa shape index (κ2) is 13.3. The fourth-order valence-corrected chi connectivity index (χ4v) is 2.61. The van der Waals surface area contributed by atoms with Gasteiger partial charge >= 0.3 is 0 Å². The van der Waals surface area contributed by atoms with Gasteiger partial charge in [-0.15, -0.1) is 0 Å². The van der Waals surface area contributed by atoms with Crippen molar-refractivity contribution >= 4 is 5.96 Å². The summed E-state index contributed by atoms with van der Waals surface area (Å²) in [5.41, 5.74) is 1.04. The molecule has 0 amide bonds. The lowest BCUT2D eigenvalue weighted by molar-refractivity contribution is 0.251. The Hall–Kier alpha value is -2.01. The normalized spacial score (nSPS) is 12.5. The van der Waals surface area contributed by atoms with Crippen molar-refractivity contribution < 1.29 is 9.84 Å². The standard InChI is InChI=1S/C20H33N3O2/c1-4-9-17(12-13-24)15-22-20(21-6-3)23-16-18-10-7-8-11-19(18)25-14-5-2/h5,7-8,10-11,17,24H,2,4,6,9,12-16H2,1,3H3,(H2,21,22,23). The predicted octanol–water partition coefficient (Wildman–Crippen LogP) is 3.11. The average molecular weight is 348 g/mol. The SMILES string of the molecule is C=CCOc1ccccc1CN=C(NCC)NCC(CCC)CCO. The fraction of sp³-hybridized carbons (Fsp3) is 0.550. The quantitative estimate of drug-likeness (QED) is 0.309. The molecule has 0 aliphatic heterocycles. The average Bonchev–Trinajstić information content (AvgIpc) is 2.63. The second-order valence-corrected chi connectivity index (χ2v) is 5.95. The number of guanidine groups is 1. The van der Waals surface area contributed by atoms with Crippen molar-refractivity contribution in [2.45, 2.75) is 39.7 Å². The number of aliphatic hydroxyl groups excluding tert-OH is 1. The molecular formula is C20H33N3O2. The second-order valence-electron chi connectivity index (χ2n) is 5.95. The molecule has 1 unspecified atom stereocenters. The lowest BCUT2D eigenvalue weighted by Gasteiger charge is -2.18. The van der Waals surface area contributed by atoms with E-state index in [2.05, 4.69) is 36.1 Å². The number of hydrogen-bond acceptors (Lipinski definition) is 3. The minimum absolute atomic E-state index is 0.230. The summed E-state index contributed by atoms with van der Waals surface area (Å²) in [6.07, 6.45) is 4.78. The van der Waals surface area contributed by atoms with E-state index in [4.69, 9.17) is 4.74 Å². The maximum Gasteiger partial charge on any atom is 0.191 e. The van der Waals surface area contributed by atoms with Gasteiger partial charge in [0.1, 0.15) is 12.4 Å². The Morgan fingerprint density at radius 2 is 2.08 bits per heavy atom. The molecule has 0 heterocycles. The molecule has 0 spiro atoms. The number of rotatable bonds is 12. The summed E-state index contributed by atoms with van der Waals surface area (Å²) in [6, 6.07) is 7.92. The molecule has 1 atom stereocenters. The molecule has 1 aromatic rings. The van der Waals surface area contributed by atoms with Crippen molar-refractivity contribution in [3.8, 4) is 5.75 Å². The monoisotopic (exact) mass is 347 g/mol. The van der Waals surface area contributed by atoms with E-state index in [1.165, 1.54) is 0 Å². The summed E-state index contributed by atoms with van der Waals surface area (Å²) < 4.78 is 5.68. The van der Waals surface area contributed by atoms with Crippen LogP contribution in [0.4, 0.5) is 0 Å². The molecule has 0 aliphatic carbocycles. The summed E-state index contributed by atoms with van der Waals surface area (Å²) in [5, 5.41) is 15.9. The zero-order valence-electron chi connectivity index (χ0n) is 15.6. The Labute approximate surface area is 152 Å². The van der Waals surface area contributed by atoms with Crippen LogP contribution in [0.1, 0.15) is 38.7 Å². The van der Waals surface area contributed by atoms with Crippen LogP contribution in [0.25, 0.3) is 0 Å². The molecule has 0 bridgehead atoms. The van der Waals surface area contributed by atoms with Gasteiger partial charge in [0.25, 0.3) is 0 Å².